The molecule has 1 aromatic carbocycles. The van der Waals surface area contributed by atoms with Gasteiger partial charge in [-0.3, -0.25) is 4.79 Å². The molecular weight excluding hydrogens is 352 g/mol. The highest BCUT2D eigenvalue weighted by molar-refractivity contribution is 7.87. The fourth-order valence-corrected chi connectivity index (χ4v) is 3.50. The van der Waals surface area contributed by atoms with Gasteiger partial charge >= 0.3 is 0 Å². The summed E-state index contributed by atoms with van der Waals surface area (Å²) >= 11 is 6.04. The maximum atomic E-state index is 12.9. The Morgan fingerprint density at radius 2 is 2.21 bits per heavy atom. The van der Waals surface area contributed by atoms with Gasteiger partial charge in [0.15, 0.2) is 0 Å². The number of carbonyl (C=O) groups excluding carboxylic acids is 1. The number of nitrogens with one attached hydrogen (secondary N) is 2. The minimum atomic E-state index is -3.71. The van der Waals surface area contributed by atoms with Crippen LogP contribution in [0.2, 0.25) is 5.02 Å². The van der Waals surface area contributed by atoms with E-state index in [2.05, 4.69) is 10.0 Å². The fraction of sp³-hybridized carbons (Fsp3) is 0.533. The lowest BCUT2D eigenvalue weighted by Crippen LogP contribution is -2.44. The number of rotatable bonds is 6. The van der Waals surface area contributed by atoms with Crippen LogP contribution in [0.4, 0.5) is 5.69 Å². The highest BCUT2D eigenvalue weighted by Gasteiger charge is 2.26. The first kappa shape index (κ1) is 19.0. The normalized spacial score (nSPS) is 18.5. The number of carbonyl (C=O) groups is 1. The van der Waals surface area contributed by atoms with Gasteiger partial charge in [0.25, 0.3) is 16.1 Å². The standard InChI is InChI=1S/C15H23ClN4O3S/c1-2-18-14-6-5-12(16)8-13(14)15(21)20-7-3-4-11(10-20)9-19-24(17,22)23/h5-6,8,11,18-19H,2-4,7,9-10H2,1H3,(H2,17,22,23). The van der Waals surface area contributed by atoms with E-state index in [4.69, 9.17) is 16.7 Å². The van der Waals surface area contributed by atoms with Crippen molar-refractivity contribution in [1.29, 1.82) is 0 Å². The Balaban J connectivity index is 2.10. The summed E-state index contributed by atoms with van der Waals surface area (Å²) in [7, 11) is -3.71. The van der Waals surface area contributed by atoms with Crippen molar-refractivity contribution in [2.45, 2.75) is 19.8 Å². The molecule has 0 saturated carbocycles. The monoisotopic (exact) mass is 374 g/mol. The largest absolute Gasteiger partial charge is 0.385 e. The summed E-state index contributed by atoms with van der Waals surface area (Å²) in [6.07, 6.45) is 1.67. The van der Waals surface area contributed by atoms with Crippen molar-refractivity contribution in [2.75, 3.05) is 31.5 Å². The Bertz CT molecular complexity index is 696. The zero-order chi connectivity index (χ0) is 17.7. The number of piperidine rings is 1. The molecule has 134 valence electrons. The number of benzene rings is 1. The van der Waals surface area contributed by atoms with Gasteiger partial charge in [-0.2, -0.15) is 8.42 Å². The van der Waals surface area contributed by atoms with Gasteiger partial charge in [-0.1, -0.05) is 11.6 Å². The second kappa shape index (κ2) is 8.15. The van der Waals surface area contributed by atoms with Crippen LogP contribution in [-0.2, 0) is 10.2 Å². The number of likely N-dealkylation sites (tertiary alicyclic amines) is 1. The minimum absolute atomic E-state index is 0.0443. The highest BCUT2D eigenvalue weighted by atomic mass is 35.5. The summed E-state index contributed by atoms with van der Waals surface area (Å²) < 4.78 is 24.4. The van der Waals surface area contributed by atoms with Crippen molar-refractivity contribution in [3.63, 3.8) is 0 Å². The van der Waals surface area contributed by atoms with Gasteiger partial charge in [-0.25, -0.2) is 9.86 Å². The molecule has 1 aliphatic heterocycles. The SMILES string of the molecule is CCNc1ccc(Cl)cc1C(=O)N1CCCC(CNS(N)(=O)=O)C1. The van der Waals surface area contributed by atoms with Crippen LogP contribution in [0.5, 0.6) is 0 Å². The van der Waals surface area contributed by atoms with Crippen molar-refractivity contribution in [1.82, 2.24) is 9.62 Å². The first-order chi connectivity index (χ1) is 11.3. The molecule has 1 atom stereocenters. The molecule has 0 spiro atoms. The lowest BCUT2D eigenvalue weighted by Gasteiger charge is -2.33. The number of nitrogens with zero attached hydrogens (tertiary/aromatic N) is 1. The molecule has 0 aromatic heterocycles. The number of anilines is 1. The fourth-order valence-electron chi connectivity index (χ4n) is 2.86. The predicted molar refractivity (Wildman–Crippen MR) is 95.4 cm³/mol. The van der Waals surface area contributed by atoms with Crippen LogP contribution in [0, 0.1) is 5.92 Å². The van der Waals surface area contributed by atoms with Gasteiger partial charge in [0.1, 0.15) is 0 Å². The number of nitrogens with two attached hydrogens (primary N) is 1. The van der Waals surface area contributed by atoms with Gasteiger partial charge in [-0.05, 0) is 43.9 Å². The van der Waals surface area contributed by atoms with E-state index in [9.17, 15) is 13.2 Å². The van der Waals surface area contributed by atoms with Gasteiger partial charge in [0.05, 0.1) is 5.56 Å². The summed E-state index contributed by atoms with van der Waals surface area (Å²) in [6.45, 7) is 4.02. The van der Waals surface area contributed by atoms with Crippen LogP contribution < -0.4 is 15.2 Å². The third-order valence-electron chi connectivity index (χ3n) is 3.96. The smallest absolute Gasteiger partial charge is 0.274 e. The molecule has 1 unspecified atom stereocenters. The maximum Gasteiger partial charge on any atom is 0.274 e. The topological polar surface area (TPSA) is 105 Å². The Kier molecular flexibility index (Phi) is 6.45. The van der Waals surface area contributed by atoms with Crippen LogP contribution in [0.25, 0.3) is 0 Å². The van der Waals surface area contributed by atoms with Crippen molar-refractivity contribution < 1.29 is 13.2 Å². The molecule has 2 rings (SSSR count). The number of halogens is 1. The molecule has 7 nitrogen and oxygen atoms in total. The average Bonchev–Trinajstić information content (AvgIpc) is 2.54. The van der Waals surface area contributed by atoms with Crippen molar-refractivity contribution in [2.24, 2.45) is 11.1 Å². The predicted octanol–water partition coefficient (Wildman–Crippen LogP) is 1.42. The first-order valence-corrected chi connectivity index (χ1v) is 9.82. The second-order valence-electron chi connectivity index (χ2n) is 5.87. The molecule has 24 heavy (non-hydrogen) atoms. The van der Waals surface area contributed by atoms with Crippen molar-refractivity contribution in [3.05, 3.63) is 28.8 Å². The zero-order valence-corrected chi connectivity index (χ0v) is 15.2. The molecule has 0 bridgehead atoms. The Morgan fingerprint density at radius 1 is 1.46 bits per heavy atom. The van der Waals surface area contributed by atoms with Crippen molar-refractivity contribution >= 4 is 33.4 Å². The van der Waals surface area contributed by atoms with E-state index < -0.39 is 10.2 Å². The van der Waals surface area contributed by atoms with Crippen LogP contribution in [0.3, 0.4) is 0 Å². The van der Waals surface area contributed by atoms with E-state index in [0.29, 0.717) is 30.2 Å². The van der Waals surface area contributed by atoms with Crippen molar-refractivity contribution in [3.8, 4) is 0 Å². The van der Waals surface area contributed by atoms with Crippen LogP contribution in [-0.4, -0.2) is 45.4 Å². The van der Waals surface area contributed by atoms with Gasteiger partial charge in [0, 0.05) is 36.9 Å². The average molecular weight is 375 g/mol. The molecule has 9 heteroatoms. The third-order valence-corrected chi connectivity index (χ3v) is 4.76. The van der Waals surface area contributed by atoms with E-state index in [1.54, 1.807) is 23.1 Å². The summed E-state index contributed by atoms with van der Waals surface area (Å²) in [5, 5.41) is 8.64. The molecule has 1 aromatic rings. The Morgan fingerprint density at radius 3 is 2.88 bits per heavy atom. The second-order valence-corrected chi connectivity index (χ2v) is 7.69. The summed E-state index contributed by atoms with van der Waals surface area (Å²) in [6, 6.07) is 5.20. The molecule has 1 amide bonds. The highest BCUT2D eigenvalue weighted by Crippen LogP contribution is 2.25. The van der Waals surface area contributed by atoms with Gasteiger partial charge < -0.3 is 10.2 Å². The Labute approximate surface area is 147 Å². The quantitative estimate of drug-likeness (QED) is 0.700. The Hall–Kier alpha value is -1.35. The van der Waals surface area contributed by atoms with E-state index >= 15 is 0 Å². The molecule has 0 radical (unpaired) electrons. The number of hydrogen-bond acceptors (Lipinski definition) is 4. The molecule has 4 N–H and O–H groups in total. The van der Waals surface area contributed by atoms with Crippen LogP contribution >= 0.6 is 11.6 Å². The molecule has 1 fully saturated rings. The van der Waals surface area contributed by atoms with Crippen LogP contribution in [0.15, 0.2) is 18.2 Å². The molecule has 1 heterocycles. The molecule has 1 aliphatic rings. The van der Waals surface area contributed by atoms with E-state index in [0.717, 1.165) is 18.5 Å². The van der Waals surface area contributed by atoms with Gasteiger partial charge in [0.2, 0.25) is 0 Å². The lowest BCUT2D eigenvalue weighted by molar-refractivity contribution is 0.0677. The van der Waals surface area contributed by atoms with E-state index in [-0.39, 0.29) is 18.4 Å². The lowest BCUT2D eigenvalue weighted by atomic mass is 9.97. The molecule has 0 aliphatic carbocycles. The van der Waals surface area contributed by atoms with E-state index in [1.807, 2.05) is 6.92 Å². The maximum absolute atomic E-state index is 12.9. The molecular formula is C15H23ClN4O3S. The molecule has 1 saturated heterocycles. The summed E-state index contributed by atoms with van der Waals surface area (Å²) in [4.78, 5) is 14.6. The zero-order valence-electron chi connectivity index (χ0n) is 13.6. The first-order valence-electron chi connectivity index (χ1n) is 7.90. The minimum Gasteiger partial charge on any atom is -0.385 e. The van der Waals surface area contributed by atoms with Gasteiger partial charge in [-0.15, -0.1) is 0 Å². The number of amides is 1. The van der Waals surface area contributed by atoms with Crippen LogP contribution in [0.1, 0.15) is 30.1 Å². The number of hydrogen-bond donors (Lipinski definition) is 3. The third kappa shape index (κ3) is 5.34. The summed E-state index contributed by atoms with van der Waals surface area (Å²) in [5.74, 6) is -0.0588. The van der Waals surface area contributed by atoms with E-state index in [1.165, 1.54) is 0 Å². The summed E-state index contributed by atoms with van der Waals surface area (Å²) in [5.41, 5.74) is 1.28.